The summed E-state index contributed by atoms with van der Waals surface area (Å²) in [6, 6.07) is 10.9. The Hall–Kier alpha value is -1.83. The van der Waals surface area contributed by atoms with Gasteiger partial charge in [0.15, 0.2) is 0 Å². The van der Waals surface area contributed by atoms with E-state index in [1.165, 1.54) is 21.7 Å². The van der Waals surface area contributed by atoms with Gasteiger partial charge in [-0.15, -0.1) is 0 Å². The van der Waals surface area contributed by atoms with E-state index in [2.05, 4.69) is 54.4 Å². The van der Waals surface area contributed by atoms with Gasteiger partial charge >= 0.3 is 0 Å². The summed E-state index contributed by atoms with van der Waals surface area (Å²) in [6.07, 6.45) is 1.88. The molecule has 1 N–H and O–H groups in total. The van der Waals surface area contributed by atoms with Crippen LogP contribution in [0.3, 0.4) is 0 Å². The zero-order chi connectivity index (χ0) is 11.1. The van der Waals surface area contributed by atoms with Crippen molar-refractivity contribution in [1.29, 1.82) is 0 Å². The van der Waals surface area contributed by atoms with Crippen molar-refractivity contribution in [2.75, 3.05) is 0 Å². The molecule has 3 aromatic rings. The molecule has 0 aliphatic carbocycles. The maximum atomic E-state index is 4.07. The van der Waals surface area contributed by atoms with Crippen molar-refractivity contribution >= 4 is 21.7 Å². The van der Waals surface area contributed by atoms with Gasteiger partial charge < -0.3 is 0 Å². The summed E-state index contributed by atoms with van der Waals surface area (Å²) >= 11 is 0. The van der Waals surface area contributed by atoms with Crippen molar-refractivity contribution < 1.29 is 0 Å². The van der Waals surface area contributed by atoms with Crippen LogP contribution in [0.2, 0.25) is 0 Å². The third-order valence-electron chi connectivity index (χ3n) is 3.09. The number of aromatic amines is 1. The number of nitrogens with zero attached hydrogens (tertiary/aromatic N) is 1. The number of fused-ring (bicyclic) bond motifs is 2. The second kappa shape index (κ2) is 3.34. The first-order valence-electron chi connectivity index (χ1n) is 5.61. The highest BCUT2D eigenvalue weighted by Gasteiger charge is 2.06. The van der Waals surface area contributed by atoms with Crippen molar-refractivity contribution in [2.24, 2.45) is 0 Å². The molecule has 1 aromatic heterocycles. The average Bonchev–Trinajstić information content (AvgIpc) is 2.71. The van der Waals surface area contributed by atoms with Gasteiger partial charge in [0.25, 0.3) is 0 Å². The summed E-state index contributed by atoms with van der Waals surface area (Å²) in [6.45, 7) is 4.46. The Kier molecular flexibility index (Phi) is 1.96. The summed E-state index contributed by atoms with van der Waals surface area (Å²) in [5.74, 6) is 0.549. The number of rotatable bonds is 1. The number of aromatic nitrogens is 2. The number of hydrogen-bond acceptors (Lipinski definition) is 1. The zero-order valence-electron chi connectivity index (χ0n) is 9.49. The topological polar surface area (TPSA) is 28.7 Å². The molecule has 0 amide bonds. The third-order valence-corrected chi connectivity index (χ3v) is 3.09. The molecule has 0 unspecified atom stereocenters. The molecule has 3 rings (SSSR count). The Morgan fingerprint density at radius 3 is 2.81 bits per heavy atom. The van der Waals surface area contributed by atoms with Crippen LogP contribution in [0.15, 0.2) is 36.5 Å². The summed E-state index contributed by atoms with van der Waals surface area (Å²) < 4.78 is 0. The molecule has 0 fully saturated rings. The van der Waals surface area contributed by atoms with Crippen molar-refractivity contribution in [3.63, 3.8) is 0 Å². The predicted octanol–water partition coefficient (Wildman–Crippen LogP) is 3.84. The minimum Gasteiger partial charge on any atom is -0.278 e. The minimum atomic E-state index is 0.549. The highest BCUT2D eigenvalue weighted by atomic mass is 15.1. The van der Waals surface area contributed by atoms with Crippen LogP contribution in [0.5, 0.6) is 0 Å². The lowest BCUT2D eigenvalue weighted by Crippen LogP contribution is -1.88. The van der Waals surface area contributed by atoms with Gasteiger partial charge in [0.1, 0.15) is 0 Å². The first-order chi connectivity index (χ1) is 7.75. The molecule has 2 aromatic carbocycles. The second-order valence-corrected chi connectivity index (χ2v) is 4.53. The smallest absolute Gasteiger partial charge is 0.0656 e. The highest BCUT2D eigenvalue weighted by Crippen LogP contribution is 2.28. The maximum Gasteiger partial charge on any atom is 0.0656 e. The molecule has 16 heavy (non-hydrogen) atoms. The predicted molar refractivity (Wildman–Crippen MR) is 67.7 cm³/mol. The van der Waals surface area contributed by atoms with Crippen LogP contribution in [0, 0.1) is 0 Å². The van der Waals surface area contributed by atoms with Gasteiger partial charge in [0.05, 0.1) is 11.7 Å². The van der Waals surface area contributed by atoms with E-state index in [1.807, 2.05) is 6.20 Å². The normalized spacial score (nSPS) is 11.7. The molecule has 0 saturated carbocycles. The van der Waals surface area contributed by atoms with E-state index in [-0.39, 0.29) is 0 Å². The van der Waals surface area contributed by atoms with Gasteiger partial charge in [-0.25, -0.2) is 0 Å². The van der Waals surface area contributed by atoms with Crippen LogP contribution in [-0.4, -0.2) is 10.2 Å². The highest BCUT2D eigenvalue weighted by molar-refractivity contribution is 5.98. The molecule has 0 atom stereocenters. The molecule has 1 heterocycles. The van der Waals surface area contributed by atoms with Crippen LogP contribution < -0.4 is 0 Å². The summed E-state index contributed by atoms with van der Waals surface area (Å²) in [5, 5.41) is 10.9. The Bertz CT molecular complexity index is 650. The number of H-pyrrole nitrogens is 1. The molecule has 0 spiro atoms. The molecular formula is C14H14N2. The number of benzene rings is 2. The molecule has 0 aliphatic heterocycles. The minimum absolute atomic E-state index is 0.549. The molecule has 2 nitrogen and oxygen atoms in total. The number of nitrogens with one attached hydrogen (secondary N) is 1. The van der Waals surface area contributed by atoms with Gasteiger partial charge in [0, 0.05) is 5.39 Å². The maximum absolute atomic E-state index is 4.07. The summed E-state index contributed by atoms with van der Waals surface area (Å²) in [7, 11) is 0. The van der Waals surface area contributed by atoms with Gasteiger partial charge in [-0.3, -0.25) is 5.10 Å². The molecule has 0 bridgehead atoms. The molecular weight excluding hydrogens is 196 g/mol. The van der Waals surface area contributed by atoms with Crippen molar-refractivity contribution in [1.82, 2.24) is 10.2 Å². The van der Waals surface area contributed by atoms with Crippen molar-refractivity contribution in [3.8, 4) is 0 Å². The van der Waals surface area contributed by atoms with Crippen LogP contribution >= 0.6 is 0 Å². The molecule has 0 saturated heterocycles. The van der Waals surface area contributed by atoms with E-state index >= 15 is 0 Å². The SMILES string of the molecule is CC(C)c1cccc2cc3[nH]ncc3cc12. The second-order valence-electron chi connectivity index (χ2n) is 4.53. The fourth-order valence-electron chi connectivity index (χ4n) is 2.24. The lowest BCUT2D eigenvalue weighted by atomic mass is 9.95. The quantitative estimate of drug-likeness (QED) is 0.649. The first kappa shape index (κ1) is 9.40. The molecule has 0 radical (unpaired) electrons. The van der Waals surface area contributed by atoms with Gasteiger partial charge in [-0.05, 0) is 34.4 Å². The zero-order valence-corrected chi connectivity index (χ0v) is 9.49. The average molecular weight is 210 g/mol. The van der Waals surface area contributed by atoms with Crippen LogP contribution in [-0.2, 0) is 0 Å². The lowest BCUT2D eigenvalue weighted by molar-refractivity contribution is 0.876. The molecule has 80 valence electrons. The fraction of sp³-hybridized carbons (Fsp3) is 0.214. The summed E-state index contributed by atoms with van der Waals surface area (Å²) in [4.78, 5) is 0. The van der Waals surface area contributed by atoms with Gasteiger partial charge in [0.2, 0.25) is 0 Å². The Labute approximate surface area is 94.3 Å². The fourth-order valence-corrected chi connectivity index (χ4v) is 2.24. The Balaban J connectivity index is 2.44. The third kappa shape index (κ3) is 1.30. The van der Waals surface area contributed by atoms with Gasteiger partial charge in [-0.1, -0.05) is 32.0 Å². The van der Waals surface area contributed by atoms with Crippen LogP contribution in [0.1, 0.15) is 25.3 Å². The van der Waals surface area contributed by atoms with E-state index in [0.717, 1.165) is 5.52 Å². The summed E-state index contributed by atoms with van der Waals surface area (Å²) in [5.41, 5.74) is 2.51. The van der Waals surface area contributed by atoms with Crippen LogP contribution in [0.25, 0.3) is 21.7 Å². The number of hydrogen-bond donors (Lipinski definition) is 1. The molecule has 2 heteroatoms. The monoisotopic (exact) mass is 210 g/mol. The van der Waals surface area contributed by atoms with Crippen molar-refractivity contribution in [2.45, 2.75) is 19.8 Å². The standard InChI is InChI=1S/C14H14N2/c1-9(2)12-5-3-4-10-7-14-11(6-13(10)12)8-15-16-14/h3-9H,1-2H3,(H,15,16). The van der Waals surface area contributed by atoms with Crippen molar-refractivity contribution in [3.05, 3.63) is 42.1 Å². The Morgan fingerprint density at radius 2 is 2.00 bits per heavy atom. The van der Waals surface area contributed by atoms with E-state index in [4.69, 9.17) is 0 Å². The van der Waals surface area contributed by atoms with E-state index in [1.54, 1.807) is 0 Å². The van der Waals surface area contributed by atoms with E-state index in [0.29, 0.717) is 5.92 Å². The lowest BCUT2D eigenvalue weighted by Gasteiger charge is -2.09. The Morgan fingerprint density at radius 1 is 1.12 bits per heavy atom. The molecule has 0 aliphatic rings. The largest absolute Gasteiger partial charge is 0.278 e. The van der Waals surface area contributed by atoms with E-state index < -0.39 is 0 Å². The van der Waals surface area contributed by atoms with E-state index in [9.17, 15) is 0 Å². The first-order valence-corrected chi connectivity index (χ1v) is 5.61. The van der Waals surface area contributed by atoms with Gasteiger partial charge in [-0.2, -0.15) is 5.10 Å². The van der Waals surface area contributed by atoms with Crippen LogP contribution in [0.4, 0.5) is 0 Å².